The molecule has 0 bridgehead atoms. The molecule has 0 aliphatic rings. The predicted molar refractivity (Wildman–Crippen MR) is 139 cm³/mol. The number of carbonyl (C=O) groups is 2. The lowest BCUT2D eigenvalue weighted by molar-refractivity contribution is -0.135. The zero-order chi connectivity index (χ0) is 25.1. The van der Waals surface area contributed by atoms with Crippen LogP contribution in [0.5, 0.6) is 11.5 Å². The van der Waals surface area contributed by atoms with Crippen LogP contribution in [-0.4, -0.2) is 21.9 Å². The van der Waals surface area contributed by atoms with E-state index in [2.05, 4.69) is 23.8 Å². The summed E-state index contributed by atoms with van der Waals surface area (Å²) in [5, 5.41) is 0. The van der Waals surface area contributed by atoms with Crippen LogP contribution >= 0.6 is 0 Å². The van der Waals surface area contributed by atoms with Crippen molar-refractivity contribution in [2.75, 3.05) is 0 Å². The minimum Gasteiger partial charge on any atom is -0.427 e. The van der Waals surface area contributed by atoms with E-state index in [9.17, 15) is 9.59 Å². The Labute approximate surface area is 210 Å². The van der Waals surface area contributed by atoms with Crippen LogP contribution in [0, 0.1) is 0 Å². The van der Waals surface area contributed by atoms with Gasteiger partial charge in [0.1, 0.15) is 5.75 Å². The molecule has 1 aromatic heterocycles. The molecule has 0 N–H and O–H groups in total. The molecule has 1 heterocycles. The Morgan fingerprint density at radius 2 is 1.03 bits per heavy atom. The quantitative estimate of drug-likeness (QED) is 0.122. The van der Waals surface area contributed by atoms with Crippen molar-refractivity contribution in [3.8, 4) is 22.9 Å². The summed E-state index contributed by atoms with van der Waals surface area (Å²) in [6.07, 6.45) is 18.9. The van der Waals surface area contributed by atoms with E-state index in [-0.39, 0.29) is 11.9 Å². The Morgan fingerprint density at radius 1 is 0.600 bits per heavy atom. The number of ether oxygens (including phenoxy) is 2. The molecule has 0 saturated heterocycles. The molecule has 2 rings (SSSR count). The maximum atomic E-state index is 12.1. The summed E-state index contributed by atoms with van der Waals surface area (Å²) in [5.41, 5.74) is 0.793. The molecule has 0 aliphatic heterocycles. The number of carbonyl (C=O) groups excluding carboxylic acids is 2. The standard InChI is InChI=1S/C29H42N2O4/c1-3-5-7-9-10-11-13-15-17-28(33)35-26-22-30-29(31-23-26)24-18-20-25(21-19-24)34-27(32)16-14-12-8-6-4-2/h18-23H,3-17H2,1-2H3. The van der Waals surface area contributed by atoms with E-state index in [1.165, 1.54) is 63.8 Å². The molecule has 0 aliphatic carbocycles. The summed E-state index contributed by atoms with van der Waals surface area (Å²) < 4.78 is 10.8. The Bertz CT molecular complexity index is 850. The van der Waals surface area contributed by atoms with Gasteiger partial charge in [0.15, 0.2) is 11.6 Å². The summed E-state index contributed by atoms with van der Waals surface area (Å²) in [5.74, 6) is 0.927. The van der Waals surface area contributed by atoms with E-state index in [1.807, 2.05) is 12.1 Å². The lowest BCUT2D eigenvalue weighted by Crippen LogP contribution is -2.08. The van der Waals surface area contributed by atoms with Crippen LogP contribution in [0.2, 0.25) is 0 Å². The van der Waals surface area contributed by atoms with Gasteiger partial charge in [-0.2, -0.15) is 0 Å². The minimum atomic E-state index is -0.246. The molecule has 0 radical (unpaired) electrons. The minimum absolute atomic E-state index is 0.205. The van der Waals surface area contributed by atoms with Gasteiger partial charge < -0.3 is 9.47 Å². The van der Waals surface area contributed by atoms with Crippen molar-refractivity contribution in [2.45, 2.75) is 110 Å². The summed E-state index contributed by atoms with van der Waals surface area (Å²) in [6, 6.07) is 7.11. The molecule has 35 heavy (non-hydrogen) atoms. The molecular formula is C29H42N2O4. The Hall–Kier alpha value is -2.76. The molecule has 6 heteroatoms. The van der Waals surface area contributed by atoms with E-state index in [4.69, 9.17) is 9.47 Å². The fourth-order valence-electron chi connectivity index (χ4n) is 3.83. The Balaban J connectivity index is 1.69. The lowest BCUT2D eigenvalue weighted by Gasteiger charge is -2.07. The van der Waals surface area contributed by atoms with Crippen LogP contribution in [0.15, 0.2) is 36.7 Å². The first-order chi connectivity index (χ1) is 17.1. The van der Waals surface area contributed by atoms with Crippen LogP contribution in [0.25, 0.3) is 11.4 Å². The van der Waals surface area contributed by atoms with Gasteiger partial charge in [0.05, 0.1) is 12.4 Å². The number of esters is 2. The van der Waals surface area contributed by atoms with Gasteiger partial charge in [0.2, 0.25) is 0 Å². The molecule has 2 aromatic rings. The number of hydrogen-bond donors (Lipinski definition) is 0. The molecule has 192 valence electrons. The van der Waals surface area contributed by atoms with Gasteiger partial charge in [0, 0.05) is 18.4 Å². The zero-order valence-electron chi connectivity index (χ0n) is 21.6. The van der Waals surface area contributed by atoms with E-state index in [0.29, 0.717) is 30.2 Å². The zero-order valence-corrected chi connectivity index (χ0v) is 21.6. The molecule has 0 atom stereocenters. The average molecular weight is 483 g/mol. The van der Waals surface area contributed by atoms with E-state index in [1.54, 1.807) is 12.1 Å². The first-order valence-corrected chi connectivity index (χ1v) is 13.5. The van der Waals surface area contributed by atoms with Crippen molar-refractivity contribution < 1.29 is 19.1 Å². The molecule has 0 fully saturated rings. The SMILES string of the molecule is CCCCCCCCCCC(=O)Oc1cnc(-c2ccc(OC(=O)CCCCCCC)cc2)nc1. The summed E-state index contributed by atoms with van der Waals surface area (Å²) in [7, 11) is 0. The third-order valence-electron chi connectivity index (χ3n) is 5.92. The average Bonchev–Trinajstić information content (AvgIpc) is 2.86. The molecule has 0 spiro atoms. The predicted octanol–water partition coefficient (Wildman–Crippen LogP) is 7.85. The lowest BCUT2D eigenvalue weighted by atomic mass is 10.1. The normalized spacial score (nSPS) is 10.8. The third-order valence-corrected chi connectivity index (χ3v) is 5.92. The number of hydrogen-bond acceptors (Lipinski definition) is 6. The molecule has 0 saturated carbocycles. The van der Waals surface area contributed by atoms with Gasteiger partial charge in [-0.1, -0.05) is 84.5 Å². The van der Waals surface area contributed by atoms with E-state index >= 15 is 0 Å². The van der Waals surface area contributed by atoms with Crippen molar-refractivity contribution in [2.24, 2.45) is 0 Å². The van der Waals surface area contributed by atoms with Gasteiger partial charge >= 0.3 is 11.9 Å². The fourth-order valence-corrected chi connectivity index (χ4v) is 3.83. The van der Waals surface area contributed by atoms with Crippen LogP contribution < -0.4 is 9.47 Å². The Kier molecular flexibility index (Phi) is 14.4. The van der Waals surface area contributed by atoms with Crippen molar-refractivity contribution in [1.82, 2.24) is 9.97 Å². The number of benzene rings is 1. The van der Waals surface area contributed by atoms with Crippen LogP contribution in [0.4, 0.5) is 0 Å². The van der Waals surface area contributed by atoms with Crippen molar-refractivity contribution in [1.29, 1.82) is 0 Å². The first kappa shape index (κ1) is 28.5. The van der Waals surface area contributed by atoms with Crippen molar-refractivity contribution in [3.05, 3.63) is 36.7 Å². The van der Waals surface area contributed by atoms with E-state index < -0.39 is 0 Å². The summed E-state index contributed by atoms with van der Waals surface area (Å²) in [6.45, 7) is 4.39. The maximum absolute atomic E-state index is 12.1. The maximum Gasteiger partial charge on any atom is 0.311 e. The second-order valence-electron chi connectivity index (χ2n) is 9.10. The largest absolute Gasteiger partial charge is 0.427 e. The number of aromatic nitrogens is 2. The third kappa shape index (κ3) is 12.5. The second kappa shape index (κ2) is 17.6. The highest BCUT2D eigenvalue weighted by Gasteiger charge is 2.09. The fraction of sp³-hybridized carbons (Fsp3) is 0.586. The van der Waals surface area contributed by atoms with Gasteiger partial charge in [-0.3, -0.25) is 9.59 Å². The molecule has 6 nitrogen and oxygen atoms in total. The van der Waals surface area contributed by atoms with Crippen LogP contribution in [0.3, 0.4) is 0 Å². The number of rotatable bonds is 18. The van der Waals surface area contributed by atoms with Gasteiger partial charge in [-0.15, -0.1) is 0 Å². The van der Waals surface area contributed by atoms with Crippen molar-refractivity contribution in [3.63, 3.8) is 0 Å². The molecule has 0 amide bonds. The first-order valence-electron chi connectivity index (χ1n) is 13.5. The van der Waals surface area contributed by atoms with E-state index in [0.717, 1.165) is 37.7 Å². The topological polar surface area (TPSA) is 78.4 Å². The molecule has 1 aromatic carbocycles. The smallest absolute Gasteiger partial charge is 0.311 e. The van der Waals surface area contributed by atoms with Gasteiger partial charge in [0.25, 0.3) is 0 Å². The van der Waals surface area contributed by atoms with Gasteiger partial charge in [-0.05, 0) is 37.1 Å². The Morgan fingerprint density at radius 3 is 1.51 bits per heavy atom. The molecule has 0 unspecified atom stereocenters. The number of unbranched alkanes of at least 4 members (excludes halogenated alkanes) is 11. The van der Waals surface area contributed by atoms with Crippen LogP contribution in [0.1, 0.15) is 110 Å². The summed E-state index contributed by atoms with van der Waals surface area (Å²) in [4.78, 5) is 32.7. The highest BCUT2D eigenvalue weighted by Crippen LogP contribution is 2.21. The molecular weight excluding hydrogens is 440 g/mol. The monoisotopic (exact) mass is 482 g/mol. The van der Waals surface area contributed by atoms with Gasteiger partial charge in [-0.25, -0.2) is 9.97 Å². The highest BCUT2D eigenvalue weighted by atomic mass is 16.5. The number of nitrogens with zero attached hydrogens (tertiary/aromatic N) is 2. The summed E-state index contributed by atoms with van der Waals surface area (Å²) >= 11 is 0. The van der Waals surface area contributed by atoms with Crippen molar-refractivity contribution >= 4 is 11.9 Å². The highest BCUT2D eigenvalue weighted by molar-refractivity contribution is 5.73. The second-order valence-corrected chi connectivity index (χ2v) is 9.10. The van der Waals surface area contributed by atoms with Crippen LogP contribution in [-0.2, 0) is 9.59 Å².